The molecular weight excluding hydrogens is 364 g/mol. The molecule has 0 spiro atoms. The Morgan fingerprint density at radius 1 is 0.724 bits per heavy atom. The molecule has 1 heteroatoms. The maximum absolute atomic E-state index is 2.41. The van der Waals surface area contributed by atoms with Crippen LogP contribution in [0.4, 0.5) is 0 Å². The predicted octanol–water partition coefficient (Wildman–Crippen LogP) is 5.45. The number of rotatable bonds is 7. The molecule has 0 radical (unpaired) electrons. The van der Waals surface area contributed by atoms with Crippen LogP contribution in [0.2, 0.25) is 0 Å². The van der Waals surface area contributed by atoms with Crippen LogP contribution < -0.4 is 15.6 Å². The van der Waals surface area contributed by atoms with Gasteiger partial charge < -0.3 is 0 Å². The molecule has 0 bridgehead atoms. The fourth-order valence-electron chi connectivity index (χ4n) is 4.75. The fourth-order valence-corrected chi connectivity index (χ4v) is 9.96. The number of hydrogen-bond donors (Lipinski definition) is 0. The molecule has 3 aromatic carbocycles. The van der Waals surface area contributed by atoms with Gasteiger partial charge in [-0.1, -0.05) is 127 Å². The Balaban J connectivity index is 2.06. The first-order valence-electron chi connectivity index (χ1n) is 10.8. The Labute approximate surface area is 176 Å². The molecule has 0 aromatic heterocycles. The summed E-state index contributed by atoms with van der Waals surface area (Å²) in [5.41, 5.74) is 2.90. The van der Waals surface area contributed by atoms with Crippen LogP contribution in [-0.4, -0.2) is 8.07 Å². The number of aryl methyl sites for hydroxylation is 1. The lowest BCUT2D eigenvalue weighted by Gasteiger charge is -2.36. The number of hydrogen-bond acceptors (Lipinski definition) is 0. The van der Waals surface area contributed by atoms with E-state index in [-0.39, 0.29) is 0 Å². The van der Waals surface area contributed by atoms with E-state index >= 15 is 0 Å². The van der Waals surface area contributed by atoms with Crippen LogP contribution in [0.15, 0.2) is 108 Å². The van der Waals surface area contributed by atoms with Gasteiger partial charge in [0.05, 0.1) is 0 Å². The van der Waals surface area contributed by atoms with Crippen molar-refractivity contribution in [1.82, 2.24) is 0 Å². The maximum atomic E-state index is 2.41. The van der Waals surface area contributed by atoms with Crippen molar-refractivity contribution in [3.05, 3.63) is 113 Å². The Hall–Kier alpha value is -2.64. The molecule has 0 heterocycles. The molecule has 1 aliphatic carbocycles. The highest BCUT2D eigenvalue weighted by molar-refractivity contribution is 7.16. The van der Waals surface area contributed by atoms with E-state index in [2.05, 4.69) is 111 Å². The molecule has 146 valence electrons. The van der Waals surface area contributed by atoms with Gasteiger partial charge in [0.25, 0.3) is 0 Å². The summed E-state index contributed by atoms with van der Waals surface area (Å²) in [6.07, 6.45) is 9.55. The molecule has 1 aliphatic rings. The molecule has 3 aromatic rings. The topological polar surface area (TPSA) is 0 Å². The molecule has 0 fully saturated rings. The second-order valence-corrected chi connectivity index (χ2v) is 11.9. The van der Waals surface area contributed by atoms with Gasteiger partial charge in [0, 0.05) is 0 Å². The second kappa shape index (κ2) is 8.80. The molecular formula is C28H30Si. The number of unbranched alkanes of at least 4 members (excludes halogenated alkanes) is 1. The van der Waals surface area contributed by atoms with Crippen molar-refractivity contribution in [2.24, 2.45) is 0 Å². The Morgan fingerprint density at radius 2 is 1.28 bits per heavy atom. The summed E-state index contributed by atoms with van der Waals surface area (Å²) in [5, 5.41) is 6.14. The predicted molar refractivity (Wildman–Crippen MR) is 129 cm³/mol. The van der Waals surface area contributed by atoms with Gasteiger partial charge in [-0.15, -0.1) is 0 Å². The Bertz CT molecular complexity index is 956. The molecule has 0 amide bonds. The van der Waals surface area contributed by atoms with Crippen LogP contribution in [-0.2, 0) is 0 Å². The van der Waals surface area contributed by atoms with E-state index in [0.717, 1.165) is 6.42 Å². The third-order valence-corrected chi connectivity index (χ3v) is 11.2. The van der Waals surface area contributed by atoms with Gasteiger partial charge in [0.15, 0.2) is 8.07 Å². The van der Waals surface area contributed by atoms with E-state index in [9.17, 15) is 0 Å². The molecule has 0 unspecified atom stereocenters. The van der Waals surface area contributed by atoms with Crippen LogP contribution in [0.25, 0.3) is 0 Å². The second-order valence-electron chi connectivity index (χ2n) is 8.06. The third-order valence-electron chi connectivity index (χ3n) is 6.18. The zero-order valence-electron chi connectivity index (χ0n) is 17.6. The maximum Gasteiger partial charge on any atom is 0.176 e. The zero-order chi connectivity index (χ0) is 20.1. The first-order chi connectivity index (χ1) is 14.3. The normalized spacial score (nSPS) is 13.9. The lowest BCUT2D eigenvalue weighted by molar-refractivity contribution is 0.797. The number of benzene rings is 3. The van der Waals surface area contributed by atoms with Crippen LogP contribution in [0.3, 0.4) is 0 Å². The highest BCUT2D eigenvalue weighted by Crippen LogP contribution is 2.31. The van der Waals surface area contributed by atoms with Gasteiger partial charge in [0.1, 0.15) is 0 Å². The zero-order valence-corrected chi connectivity index (χ0v) is 18.6. The largest absolute Gasteiger partial charge is 0.176 e. The minimum absolute atomic E-state index is 1.07. The van der Waals surface area contributed by atoms with Crippen LogP contribution >= 0.6 is 0 Å². The number of allylic oxidation sites excluding steroid dienone is 4. The van der Waals surface area contributed by atoms with Gasteiger partial charge in [-0.2, -0.15) is 0 Å². The quantitative estimate of drug-likeness (QED) is 0.369. The van der Waals surface area contributed by atoms with Gasteiger partial charge in [-0.25, -0.2) is 0 Å². The molecule has 0 nitrogen and oxygen atoms in total. The highest BCUT2D eigenvalue weighted by Gasteiger charge is 2.44. The summed E-state index contributed by atoms with van der Waals surface area (Å²) in [7, 11) is -2.31. The van der Waals surface area contributed by atoms with E-state index in [0.29, 0.717) is 0 Å². The van der Waals surface area contributed by atoms with Gasteiger partial charge in [-0.3, -0.25) is 0 Å². The fraction of sp³-hybridized carbons (Fsp3) is 0.214. The first-order valence-corrected chi connectivity index (χ1v) is 12.8. The van der Waals surface area contributed by atoms with Gasteiger partial charge >= 0.3 is 0 Å². The van der Waals surface area contributed by atoms with Crippen molar-refractivity contribution in [3.8, 4) is 0 Å². The average molecular weight is 395 g/mol. The molecule has 29 heavy (non-hydrogen) atoms. The Morgan fingerprint density at radius 3 is 1.83 bits per heavy atom. The van der Waals surface area contributed by atoms with Crippen molar-refractivity contribution in [2.45, 2.75) is 39.5 Å². The minimum Gasteiger partial charge on any atom is -0.0805 e. The molecule has 4 rings (SSSR count). The van der Waals surface area contributed by atoms with Crippen molar-refractivity contribution in [2.75, 3.05) is 0 Å². The highest BCUT2D eigenvalue weighted by atomic mass is 28.3. The van der Waals surface area contributed by atoms with Crippen molar-refractivity contribution in [1.29, 1.82) is 0 Å². The summed E-state index contributed by atoms with van der Waals surface area (Å²) in [4.78, 5) is 0. The molecule has 0 aliphatic heterocycles. The summed E-state index contributed by atoms with van der Waals surface area (Å²) < 4.78 is 0. The third kappa shape index (κ3) is 3.67. The lowest BCUT2D eigenvalue weighted by atomic mass is 10.1. The SMILES string of the molecule is CCCCC1=C([Si](c2ccccc2)(c2ccccc2)c2ccc(C)cc2)CC=C1. The van der Waals surface area contributed by atoms with E-state index in [1.165, 1.54) is 40.4 Å². The van der Waals surface area contributed by atoms with E-state index in [1.54, 1.807) is 10.8 Å². The standard InChI is InChI=1S/C28H30Si/c1-3-4-12-24-13-11-18-28(24)29(25-14-7-5-8-15-25,26-16-9-6-10-17-26)27-21-19-23(2)20-22-27/h5-11,13-17,19-22H,3-4,12,18H2,1-2H3. The average Bonchev–Trinajstić information content (AvgIpc) is 3.24. The van der Waals surface area contributed by atoms with Crippen molar-refractivity contribution in [3.63, 3.8) is 0 Å². The van der Waals surface area contributed by atoms with Crippen molar-refractivity contribution < 1.29 is 0 Å². The van der Waals surface area contributed by atoms with Crippen molar-refractivity contribution >= 4 is 23.6 Å². The first kappa shape index (κ1) is 19.7. The summed E-state index contributed by atoms with van der Waals surface area (Å²) in [6.45, 7) is 4.47. The summed E-state index contributed by atoms with van der Waals surface area (Å²) in [6, 6.07) is 31.9. The van der Waals surface area contributed by atoms with Crippen LogP contribution in [0, 0.1) is 6.92 Å². The Kier molecular flexibility index (Phi) is 5.96. The van der Waals surface area contributed by atoms with Gasteiger partial charge in [0.2, 0.25) is 0 Å². The lowest BCUT2D eigenvalue weighted by Crippen LogP contribution is -2.68. The molecule has 0 saturated heterocycles. The molecule has 0 saturated carbocycles. The summed E-state index contributed by atoms with van der Waals surface area (Å²) in [5.74, 6) is 0. The van der Waals surface area contributed by atoms with Crippen LogP contribution in [0.5, 0.6) is 0 Å². The van der Waals surface area contributed by atoms with E-state index in [1.807, 2.05) is 0 Å². The van der Waals surface area contributed by atoms with Gasteiger partial charge in [-0.05, 0) is 41.7 Å². The minimum atomic E-state index is -2.31. The molecule has 0 atom stereocenters. The monoisotopic (exact) mass is 394 g/mol. The van der Waals surface area contributed by atoms with Crippen LogP contribution in [0.1, 0.15) is 38.2 Å². The smallest absolute Gasteiger partial charge is 0.0805 e. The molecule has 0 N–H and O–H groups in total. The van der Waals surface area contributed by atoms with E-state index in [4.69, 9.17) is 0 Å². The summed E-state index contributed by atoms with van der Waals surface area (Å²) >= 11 is 0. The van der Waals surface area contributed by atoms with E-state index < -0.39 is 8.07 Å².